The average molecular weight is 474 g/mol. The summed E-state index contributed by atoms with van der Waals surface area (Å²) in [6.07, 6.45) is 3.11. The Balaban J connectivity index is 1.69. The predicted octanol–water partition coefficient (Wildman–Crippen LogP) is 5.54. The van der Waals surface area contributed by atoms with Gasteiger partial charge >= 0.3 is 0 Å². The van der Waals surface area contributed by atoms with E-state index in [9.17, 15) is 9.65 Å². The van der Waals surface area contributed by atoms with Crippen LogP contribution in [0, 0.1) is 23.1 Å². The van der Waals surface area contributed by atoms with E-state index >= 15 is 0 Å². The minimum atomic E-state index is -0.466. The molecule has 4 aromatic rings. The summed E-state index contributed by atoms with van der Waals surface area (Å²) >= 11 is 1.10. The molecule has 1 fully saturated rings. The highest BCUT2D eigenvalue weighted by molar-refractivity contribution is 7.23. The Morgan fingerprint density at radius 1 is 1.32 bits per heavy atom. The van der Waals surface area contributed by atoms with Gasteiger partial charge in [0.25, 0.3) is 0 Å². The SMILES string of the molecule is CCc1c(-c2ncc(F)c3sc(N)c(C#N)c23)c2c(c3ccc(N4CCC(C)C4)nc13)COC2. The molecule has 0 bridgehead atoms. The summed E-state index contributed by atoms with van der Waals surface area (Å²) in [5.74, 6) is 1.16. The van der Waals surface area contributed by atoms with Gasteiger partial charge in [0, 0.05) is 29.4 Å². The smallest absolute Gasteiger partial charge is 0.159 e. The molecule has 2 N–H and O–H groups in total. The third-order valence-electron chi connectivity index (χ3n) is 7.10. The van der Waals surface area contributed by atoms with Crippen LogP contribution in [0.1, 0.15) is 42.5 Å². The fourth-order valence-corrected chi connectivity index (χ4v) is 6.37. The summed E-state index contributed by atoms with van der Waals surface area (Å²) in [6, 6.07) is 6.45. The molecule has 34 heavy (non-hydrogen) atoms. The fraction of sp³-hybridized carbons (Fsp3) is 0.346. The second kappa shape index (κ2) is 7.90. The first-order valence-electron chi connectivity index (χ1n) is 11.6. The standard InChI is InChI=1S/C26H24FN5OS/c1-3-14-21(24-22-16(8-28)26(29)34-25(22)19(27)9-30-24)18-12-33-11-17(18)15-4-5-20(31-23(14)15)32-7-6-13(2)10-32/h4-5,9,13H,3,6-7,10-12,29H2,1-2H3. The number of fused-ring (bicyclic) bond motifs is 4. The van der Waals surface area contributed by atoms with Gasteiger partial charge in [-0.25, -0.2) is 9.37 Å². The van der Waals surface area contributed by atoms with Crippen molar-refractivity contribution in [3.8, 4) is 17.3 Å². The van der Waals surface area contributed by atoms with Crippen molar-refractivity contribution in [2.45, 2.75) is 39.9 Å². The number of ether oxygens (including phenoxy) is 1. The van der Waals surface area contributed by atoms with E-state index in [2.05, 4.69) is 41.9 Å². The van der Waals surface area contributed by atoms with Gasteiger partial charge in [-0.05, 0) is 47.6 Å². The first-order valence-corrected chi connectivity index (χ1v) is 12.4. The molecule has 0 spiro atoms. The molecule has 1 unspecified atom stereocenters. The lowest BCUT2D eigenvalue weighted by atomic mass is 9.88. The number of nitriles is 1. The number of hydrogen-bond donors (Lipinski definition) is 1. The number of benzene rings is 1. The number of halogens is 1. The third-order valence-corrected chi connectivity index (χ3v) is 8.13. The quantitative estimate of drug-likeness (QED) is 0.420. The Morgan fingerprint density at radius 3 is 2.88 bits per heavy atom. The number of rotatable bonds is 3. The second-order valence-corrected chi connectivity index (χ2v) is 10.2. The minimum Gasteiger partial charge on any atom is -0.389 e. The number of pyridine rings is 2. The maximum Gasteiger partial charge on any atom is 0.159 e. The van der Waals surface area contributed by atoms with E-state index in [0.717, 1.165) is 69.8 Å². The van der Waals surface area contributed by atoms with Crippen LogP contribution in [0.3, 0.4) is 0 Å². The summed E-state index contributed by atoms with van der Waals surface area (Å²) in [6.45, 7) is 7.31. The maximum absolute atomic E-state index is 14.7. The highest BCUT2D eigenvalue weighted by Crippen LogP contribution is 2.46. The van der Waals surface area contributed by atoms with Gasteiger partial charge in [0.15, 0.2) is 5.82 Å². The Kier molecular flexibility index (Phi) is 4.94. The van der Waals surface area contributed by atoms with Gasteiger partial charge < -0.3 is 15.4 Å². The molecule has 0 saturated carbocycles. The lowest BCUT2D eigenvalue weighted by Crippen LogP contribution is -2.20. The summed E-state index contributed by atoms with van der Waals surface area (Å²) in [7, 11) is 0. The molecule has 6 nitrogen and oxygen atoms in total. The molecule has 172 valence electrons. The van der Waals surface area contributed by atoms with Crippen molar-refractivity contribution in [2.24, 2.45) is 5.92 Å². The maximum atomic E-state index is 14.7. The van der Waals surface area contributed by atoms with E-state index < -0.39 is 5.82 Å². The van der Waals surface area contributed by atoms with Crippen LogP contribution in [0.2, 0.25) is 0 Å². The zero-order chi connectivity index (χ0) is 23.6. The Hall–Kier alpha value is -3.28. The zero-order valence-electron chi connectivity index (χ0n) is 19.1. The lowest BCUT2D eigenvalue weighted by Gasteiger charge is -2.21. The molecular weight excluding hydrogens is 449 g/mol. The molecule has 0 amide bonds. The molecule has 0 radical (unpaired) electrons. The highest BCUT2D eigenvalue weighted by Gasteiger charge is 2.29. The molecule has 8 heteroatoms. The average Bonchev–Trinajstić information content (AvgIpc) is 3.57. The molecule has 2 aliphatic heterocycles. The van der Waals surface area contributed by atoms with E-state index in [1.54, 1.807) is 0 Å². The number of hydrogen-bond acceptors (Lipinski definition) is 7. The summed E-state index contributed by atoms with van der Waals surface area (Å²) in [5.41, 5.74) is 12.0. The first-order chi connectivity index (χ1) is 16.5. The van der Waals surface area contributed by atoms with Crippen LogP contribution in [0.4, 0.5) is 15.2 Å². The molecule has 6 rings (SSSR count). The number of aryl methyl sites for hydroxylation is 1. The summed E-state index contributed by atoms with van der Waals surface area (Å²) in [5, 5.41) is 11.7. The van der Waals surface area contributed by atoms with Gasteiger partial charge in [0.05, 0.1) is 40.9 Å². The zero-order valence-corrected chi connectivity index (χ0v) is 19.9. The normalized spacial score (nSPS) is 17.6. The molecule has 1 aromatic carbocycles. The summed E-state index contributed by atoms with van der Waals surface area (Å²) < 4.78 is 21.0. The van der Waals surface area contributed by atoms with Crippen molar-refractivity contribution in [1.29, 1.82) is 5.26 Å². The number of nitrogens with two attached hydrogens (primary N) is 1. The lowest BCUT2D eigenvalue weighted by molar-refractivity contribution is 0.135. The van der Waals surface area contributed by atoms with E-state index in [-0.39, 0.29) is 5.56 Å². The van der Waals surface area contributed by atoms with E-state index in [1.165, 1.54) is 6.20 Å². The van der Waals surface area contributed by atoms with Gasteiger partial charge in [0.1, 0.15) is 16.9 Å². The van der Waals surface area contributed by atoms with Crippen LogP contribution in [0.5, 0.6) is 0 Å². The molecular formula is C26H24FN5OS. The minimum absolute atomic E-state index is 0.282. The number of nitrogens with zero attached hydrogens (tertiary/aromatic N) is 4. The van der Waals surface area contributed by atoms with Crippen molar-refractivity contribution in [3.63, 3.8) is 0 Å². The van der Waals surface area contributed by atoms with Crippen LogP contribution in [-0.4, -0.2) is 23.1 Å². The van der Waals surface area contributed by atoms with E-state index in [0.29, 0.717) is 46.3 Å². The number of thiophene rings is 1. The molecule has 0 aliphatic carbocycles. The molecule has 3 aromatic heterocycles. The Morgan fingerprint density at radius 2 is 2.15 bits per heavy atom. The summed E-state index contributed by atoms with van der Waals surface area (Å²) in [4.78, 5) is 12.0. The van der Waals surface area contributed by atoms with Crippen LogP contribution in [0.25, 0.3) is 32.2 Å². The first kappa shape index (κ1) is 21.3. The Labute approximate surface area is 200 Å². The van der Waals surface area contributed by atoms with Crippen LogP contribution >= 0.6 is 11.3 Å². The van der Waals surface area contributed by atoms with Crippen LogP contribution in [0.15, 0.2) is 18.3 Å². The van der Waals surface area contributed by atoms with Gasteiger partial charge in [-0.3, -0.25) is 4.98 Å². The molecule has 2 aliphatic rings. The molecule has 1 saturated heterocycles. The molecule has 5 heterocycles. The topological polar surface area (TPSA) is 88.1 Å². The fourth-order valence-electron chi connectivity index (χ4n) is 5.45. The largest absolute Gasteiger partial charge is 0.389 e. The van der Waals surface area contributed by atoms with Crippen LogP contribution in [-0.2, 0) is 24.4 Å². The number of aromatic nitrogens is 2. The third kappa shape index (κ3) is 3.00. The number of nitrogen functional groups attached to an aromatic ring is 1. The van der Waals surface area contributed by atoms with Crippen molar-refractivity contribution in [1.82, 2.24) is 9.97 Å². The number of anilines is 2. The van der Waals surface area contributed by atoms with Crippen molar-refractivity contribution in [3.05, 3.63) is 46.4 Å². The van der Waals surface area contributed by atoms with E-state index in [4.69, 9.17) is 15.5 Å². The van der Waals surface area contributed by atoms with E-state index in [1.807, 2.05) is 0 Å². The van der Waals surface area contributed by atoms with Crippen molar-refractivity contribution >= 4 is 43.1 Å². The highest BCUT2D eigenvalue weighted by atomic mass is 32.1. The van der Waals surface area contributed by atoms with Gasteiger partial charge in [-0.2, -0.15) is 5.26 Å². The Bertz CT molecular complexity index is 1520. The van der Waals surface area contributed by atoms with Gasteiger partial charge in [-0.1, -0.05) is 13.8 Å². The van der Waals surface area contributed by atoms with Crippen LogP contribution < -0.4 is 10.6 Å². The van der Waals surface area contributed by atoms with Crippen molar-refractivity contribution in [2.75, 3.05) is 23.7 Å². The predicted molar refractivity (Wildman–Crippen MR) is 133 cm³/mol. The monoisotopic (exact) mass is 473 g/mol. The van der Waals surface area contributed by atoms with Gasteiger partial charge in [0.2, 0.25) is 0 Å². The molecule has 1 atom stereocenters. The van der Waals surface area contributed by atoms with Crippen molar-refractivity contribution < 1.29 is 9.13 Å². The van der Waals surface area contributed by atoms with Gasteiger partial charge in [-0.15, -0.1) is 11.3 Å². The second-order valence-electron chi connectivity index (χ2n) is 9.17.